The van der Waals surface area contributed by atoms with Gasteiger partial charge in [-0.15, -0.1) is 0 Å². The molecule has 0 rings (SSSR count). The molecule has 0 amide bonds. The Hall–Kier alpha value is -0.110. The van der Waals surface area contributed by atoms with Gasteiger partial charge in [-0.1, -0.05) is 0 Å². The molecule has 2 atom stereocenters. The Labute approximate surface area is 37.3 Å². The van der Waals surface area contributed by atoms with Gasteiger partial charge in [-0.3, -0.25) is 0 Å². The normalized spacial score (nSPS) is 20.0. The van der Waals surface area contributed by atoms with E-state index < -0.39 is 6.17 Å². The highest BCUT2D eigenvalue weighted by Gasteiger charge is 2.00. The van der Waals surface area contributed by atoms with Crippen LogP contribution in [0, 0.1) is 0 Å². The molecular weight excluding hydrogens is 81.0 g/mol. The maximum absolute atomic E-state index is 11.7. The molecule has 0 aliphatic carbocycles. The van der Waals surface area contributed by atoms with Gasteiger partial charge in [0.1, 0.15) is 6.17 Å². The summed E-state index contributed by atoms with van der Waals surface area (Å²) in [5.74, 6) is 0. The molecule has 1 unspecified atom stereocenters. The van der Waals surface area contributed by atoms with E-state index >= 15 is 0 Å². The summed E-state index contributed by atoms with van der Waals surface area (Å²) in [5.41, 5.74) is 5.06. The fraction of sp³-hybridized carbons (Fsp3) is 1.00. The van der Waals surface area contributed by atoms with E-state index in [2.05, 4.69) is 0 Å². The predicted octanol–water partition coefficient (Wildman–Crippen LogP) is 0.692. The topological polar surface area (TPSA) is 26.0 Å². The SMILES string of the molecule is CC(N)[C@H](C)F. The van der Waals surface area contributed by atoms with Gasteiger partial charge in [0.15, 0.2) is 0 Å². The van der Waals surface area contributed by atoms with Crippen LogP contribution in [0.15, 0.2) is 0 Å². The van der Waals surface area contributed by atoms with Crippen LogP contribution in [0.1, 0.15) is 13.8 Å². The molecule has 0 aromatic rings. The first kappa shape index (κ1) is 5.89. The summed E-state index contributed by atoms with van der Waals surface area (Å²) in [6.07, 6.45) is -0.870. The highest BCUT2D eigenvalue weighted by atomic mass is 19.1. The Morgan fingerprint density at radius 2 is 1.67 bits per heavy atom. The molecular formula is C4H10FN. The van der Waals surface area contributed by atoms with Crippen molar-refractivity contribution >= 4 is 0 Å². The van der Waals surface area contributed by atoms with Gasteiger partial charge in [-0.25, -0.2) is 4.39 Å². The van der Waals surface area contributed by atoms with Gasteiger partial charge in [0, 0.05) is 6.04 Å². The van der Waals surface area contributed by atoms with E-state index in [4.69, 9.17) is 5.73 Å². The van der Waals surface area contributed by atoms with E-state index in [1.165, 1.54) is 6.92 Å². The van der Waals surface area contributed by atoms with Crippen LogP contribution in [0.4, 0.5) is 4.39 Å². The summed E-state index contributed by atoms with van der Waals surface area (Å²) in [6.45, 7) is 3.09. The molecule has 0 aliphatic heterocycles. The van der Waals surface area contributed by atoms with E-state index in [0.29, 0.717) is 0 Å². The minimum Gasteiger partial charge on any atom is -0.325 e. The maximum atomic E-state index is 11.7. The van der Waals surface area contributed by atoms with Crippen LogP contribution < -0.4 is 5.73 Å². The average Bonchev–Trinajstić information content (AvgIpc) is 1.36. The van der Waals surface area contributed by atoms with Crippen molar-refractivity contribution in [2.75, 3.05) is 0 Å². The second-order valence-electron chi connectivity index (χ2n) is 1.54. The molecule has 1 nitrogen and oxygen atoms in total. The van der Waals surface area contributed by atoms with Gasteiger partial charge >= 0.3 is 0 Å². The zero-order valence-corrected chi connectivity index (χ0v) is 4.11. The third-order valence-corrected chi connectivity index (χ3v) is 0.725. The summed E-state index contributed by atoms with van der Waals surface area (Å²) in [6, 6.07) is -0.315. The first-order valence-corrected chi connectivity index (χ1v) is 2.04. The fourth-order valence-corrected chi connectivity index (χ4v) is 0. The number of hydrogen-bond acceptors (Lipinski definition) is 1. The number of alkyl halides is 1. The van der Waals surface area contributed by atoms with Crippen molar-refractivity contribution in [3.8, 4) is 0 Å². The number of halogens is 1. The lowest BCUT2D eigenvalue weighted by Gasteiger charge is -2.01. The van der Waals surface area contributed by atoms with E-state index in [-0.39, 0.29) is 6.04 Å². The summed E-state index contributed by atoms with van der Waals surface area (Å²) in [5, 5.41) is 0. The first-order valence-electron chi connectivity index (χ1n) is 2.04. The smallest absolute Gasteiger partial charge is 0.112 e. The van der Waals surface area contributed by atoms with Crippen molar-refractivity contribution in [2.45, 2.75) is 26.1 Å². The Bertz CT molecular complexity index is 28.5. The van der Waals surface area contributed by atoms with Crippen LogP contribution >= 0.6 is 0 Å². The number of nitrogens with two attached hydrogens (primary N) is 1. The molecule has 6 heavy (non-hydrogen) atoms. The predicted molar refractivity (Wildman–Crippen MR) is 24.2 cm³/mol. The molecule has 0 heterocycles. The summed E-state index contributed by atoms with van der Waals surface area (Å²) >= 11 is 0. The molecule has 38 valence electrons. The number of hydrogen-bond donors (Lipinski definition) is 1. The zero-order valence-electron chi connectivity index (χ0n) is 4.11. The molecule has 0 aromatic carbocycles. The highest BCUT2D eigenvalue weighted by Crippen LogP contribution is 1.89. The van der Waals surface area contributed by atoms with Crippen molar-refractivity contribution in [1.29, 1.82) is 0 Å². The Balaban J connectivity index is 2.99. The Morgan fingerprint density at radius 1 is 1.50 bits per heavy atom. The Kier molecular flexibility index (Phi) is 2.09. The van der Waals surface area contributed by atoms with Crippen molar-refractivity contribution in [1.82, 2.24) is 0 Å². The van der Waals surface area contributed by atoms with Gasteiger partial charge in [0.05, 0.1) is 0 Å². The number of rotatable bonds is 1. The molecule has 0 aromatic heterocycles. The summed E-state index contributed by atoms with van der Waals surface area (Å²) in [4.78, 5) is 0. The minimum atomic E-state index is -0.870. The fourth-order valence-electron chi connectivity index (χ4n) is 0. The first-order chi connectivity index (χ1) is 2.64. The van der Waals surface area contributed by atoms with Crippen LogP contribution in [0.3, 0.4) is 0 Å². The molecule has 0 bridgehead atoms. The van der Waals surface area contributed by atoms with Crippen LogP contribution in [0.2, 0.25) is 0 Å². The average molecular weight is 91.1 g/mol. The second kappa shape index (κ2) is 2.13. The van der Waals surface area contributed by atoms with Crippen LogP contribution in [0.25, 0.3) is 0 Å². The van der Waals surface area contributed by atoms with Crippen molar-refractivity contribution < 1.29 is 4.39 Å². The Morgan fingerprint density at radius 3 is 1.67 bits per heavy atom. The van der Waals surface area contributed by atoms with Gasteiger partial charge in [-0.2, -0.15) is 0 Å². The van der Waals surface area contributed by atoms with Crippen molar-refractivity contribution in [3.05, 3.63) is 0 Å². The van der Waals surface area contributed by atoms with Gasteiger partial charge in [0.25, 0.3) is 0 Å². The van der Waals surface area contributed by atoms with E-state index in [0.717, 1.165) is 0 Å². The molecule has 2 N–H and O–H groups in total. The molecule has 0 radical (unpaired) electrons. The molecule has 0 aliphatic rings. The lowest BCUT2D eigenvalue weighted by Crippen LogP contribution is -2.24. The lowest BCUT2D eigenvalue weighted by atomic mass is 10.3. The van der Waals surface area contributed by atoms with Crippen LogP contribution in [0.5, 0.6) is 0 Å². The van der Waals surface area contributed by atoms with Gasteiger partial charge in [0.2, 0.25) is 0 Å². The highest BCUT2D eigenvalue weighted by molar-refractivity contribution is 4.58. The third-order valence-electron chi connectivity index (χ3n) is 0.725. The van der Waals surface area contributed by atoms with Crippen LogP contribution in [-0.2, 0) is 0 Å². The third kappa shape index (κ3) is 2.15. The van der Waals surface area contributed by atoms with Crippen molar-refractivity contribution in [2.24, 2.45) is 5.73 Å². The van der Waals surface area contributed by atoms with Crippen molar-refractivity contribution in [3.63, 3.8) is 0 Å². The van der Waals surface area contributed by atoms with Crippen LogP contribution in [-0.4, -0.2) is 12.2 Å². The molecule has 0 saturated carbocycles. The van der Waals surface area contributed by atoms with Gasteiger partial charge < -0.3 is 5.73 Å². The van der Waals surface area contributed by atoms with E-state index in [1.807, 2.05) is 0 Å². The second-order valence-corrected chi connectivity index (χ2v) is 1.54. The van der Waals surface area contributed by atoms with E-state index in [1.54, 1.807) is 6.92 Å². The zero-order chi connectivity index (χ0) is 5.15. The monoisotopic (exact) mass is 91.1 g/mol. The molecule has 0 saturated heterocycles. The van der Waals surface area contributed by atoms with Gasteiger partial charge in [-0.05, 0) is 13.8 Å². The largest absolute Gasteiger partial charge is 0.325 e. The molecule has 2 heteroatoms. The summed E-state index contributed by atoms with van der Waals surface area (Å²) in [7, 11) is 0. The van der Waals surface area contributed by atoms with E-state index in [9.17, 15) is 4.39 Å². The quantitative estimate of drug-likeness (QED) is 0.505. The minimum absolute atomic E-state index is 0.315. The maximum Gasteiger partial charge on any atom is 0.112 e. The standard InChI is InChI=1S/C4H10FN/c1-3(5)4(2)6/h3-4H,6H2,1-2H3/t3-,4?/m0/s1. The lowest BCUT2D eigenvalue weighted by molar-refractivity contribution is 0.318. The summed E-state index contributed by atoms with van der Waals surface area (Å²) < 4.78 is 11.7. The molecule has 0 spiro atoms. The molecule has 0 fully saturated rings.